The topological polar surface area (TPSA) is 63.4 Å². The number of rotatable bonds is 13. The largest absolute Gasteiger partial charge is 0.375 e. The van der Waals surface area contributed by atoms with Crippen molar-refractivity contribution in [1.29, 1.82) is 0 Å². The van der Waals surface area contributed by atoms with Gasteiger partial charge in [0.2, 0.25) is 0 Å². The third-order valence-electron chi connectivity index (χ3n) is 5.01. The predicted octanol–water partition coefficient (Wildman–Crippen LogP) is 4.86. The van der Waals surface area contributed by atoms with Gasteiger partial charge in [-0.1, -0.05) is 51.1 Å². The molecule has 0 aliphatic rings. The Labute approximate surface area is 183 Å². The van der Waals surface area contributed by atoms with E-state index in [4.69, 9.17) is 15.5 Å². The third kappa shape index (κ3) is 8.72. The second-order valence-corrected chi connectivity index (χ2v) is 9.06. The van der Waals surface area contributed by atoms with E-state index in [-0.39, 0.29) is 0 Å². The zero-order chi connectivity index (χ0) is 22.0. The van der Waals surface area contributed by atoms with Crippen LogP contribution >= 0.6 is 0 Å². The fourth-order valence-corrected chi connectivity index (χ4v) is 3.28. The monoisotopic (exact) mass is 412 g/mol. The number of anilines is 2. The molecule has 2 rings (SSSR count). The van der Waals surface area contributed by atoms with Gasteiger partial charge < -0.3 is 20.7 Å². The van der Waals surface area contributed by atoms with Gasteiger partial charge in [-0.25, -0.2) is 4.98 Å². The highest BCUT2D eigenvalue weighted by Gasteiger charge is 2.19. The van der Waals surface area contributed by atoms with Crippen molar-refractivity contribution in [1.82, 2.24) is 4.98 Å². The Bertz CT molecular complexity index is 746. The number of pyridine rings is 1. The minimum Gasteiger partial charge on any atom is -0.375 e. The molecular weight excluding hydrogens is 372 g/mol. The van der Waals surface area contributed by atoms with Gasteiger partial charge >= 0.3 is 0 Å². The first kappa shape index (κ1) is 24.2. The molecule has 1 unspecified atom stereocenters. The number of nitrogens with two attached hydrogens (primary N) is 1. The Hall–Kier alpha value is -2.11. The summed E-state index contributed by atoms with van der Waals surface area (Å²) in [6.45, 7) is 11.6. The molecule has 1 aromatic heterocycles. The Morgan fingerprint density at radius 3 is 2.57 bits per heavy atom. The van der Waals surface area contributed by atoms with Crippen molar-refractivity contribution in [2.45, 2.75) is 59.1 Å². The molecular formula is C25H40N4O. The number of ether oxygens (including phenoxy) is 1. The highest BCUT2D eigenvalue weighted by atomic mass is 16.5. The van der Waals surface area contributed by atoms with Crippen molar-refractivity contribution in [3.05, 3.63) is 53.6 Å². The number of nitrogens with zero attached hydrogens (tertiary/aromatic N) is 2. The first-order valence-electron chi connectivity index (χ1n) is 11.2. The summed E-state index contributed by atoms with van der Waals surface area (Å²) in [6.07, 6.45) is 2.99. The second-order valence-electron chi connectivity index (χ2n) is 9.06. The summed E-state index contributed by atoms with van der Waals surface area (Å²) in [5, 5.41) is 3.42. The number of hydrogen-bond acceptors (Lipinski definition) is 5. The molecule has 0 aliphatic heterocycles. The molecule has 0 amide bonds. The minimum absolute atomic E-state index is 0.408. The average Bonchev–Trinajstić information content (AvgIpc) is 2.70. The first-order chi connectivity index (χ1) is 14.3. The van der Waals surface area contributed by atoms with Gasteiger partial charge in [0, 0.05) is 25.7 Å². The lowest BCUT2D eigenvalue weighted by Gasteiger charge is -2.25. The van der Waals surface area contributed by atoms with Crippen molar-refractivity contribution in [2.75, 3.05) is 37.0 Å². The Morgan fingerprint density at radius 1 is 1.17 bits per heavy atom. The van der Waals surface area contributed by atoms with E-state index in [0.29, 0.717) is 19.1 Å². The van der Waals surface area contributed by atoms with E-state index in [9.17, 15) is 0 Å². The molecule has 0 radical (unpaired) electrons. The standard InChI is InChI=1S/C25H40N4O/c1-6-13-27-23-15-22(16-24(28-23)29(5)14-12-20(2)3)18-30-19-25(4,26)17-21-10-8-7-9-11-21/h7-11,15-16,20H,6,12-14,17-19,26H2,1-5H3,(H,27,28). The SMILES string of the molecule is CCCNc1cc(COCC(C)(N)Cc2ccccc2)cc(N(C)CCC(C)C)n1. The number of nitrogens with one attached hydrogen (secondary N) is 1. The van der Waals surface area contributed by atoms with Crippen LogP contribution in [0.25, 0.3) is 0 Å². The molecule has 0 spiro atoms. The maximum Gasteiger partial charge on any atom is 0.131 e. The van der Waals surface area contributed by atoms with Crippen molar-refractivity contribution < 1.29 is 4.74 Å². The van der Waals surface area contributed by atoms with Crippen LogP contribution in [0.1, 0.15) is 51.7 Å². The predicted molar refractivity (Wildman–Crippen MR) is 128 cm³/mol. The van der Waals surface area contributed by atoms with Crippen LogP contribution in [0.2, 0.25) is 0 Å². The fourth-order valence-electron chi connectivity index (χ4n) is 3.28. The molecule has 0 bridgehead atoms. The summed E-state index contributed by atoms with van der Waals surface area (Å²) in [7, 11) is 2.11. The van der Waals surface area contributed by atoms with Gasteiger partial charge in [-0.05, 0) is 55.4 Å². The van der Waals surface area contributed by atoms with E-state index in [0.717, 1.165) is 49.6 Å². The van der Waals surface area contributed by atoms with Crippen LogP contribution in [0.4, 0.5) is 11.6 Å². The second kappa shape index (κ2) is 11.9. The first-order valence-corrected chi connectivity index (χ1v) is 11.2. The highest BCUT2D eigenvalue weighted by molar-refractivity contribution is 5.50. The van der Waals surface area contributed by atoms with Crippen LogP contribution < -0.4 is 16.0 Å². The molecule has 166 valence electrons. The van der Waals surface area contributed by atoms with E-state index >= 15 is 0 Å². The van der Waals surface area contributed by atoms with Gasteiger partial charge in [0.1, 0.15) is 11.6 Å². The van der Waals surface area contributed by atoms with E-state index in [1.165, 1.54) is 5.56 Å². The van der Waals surface area contributed by atoms with Crippen LogP contribution in [0, 0.1) is 5.92 Å². The van der Waals surface area contributed by atoms with Gasteiger partial charge in [0.05, 0.1) is 13.2 Å². The van der Waals surface area contributed by atoms with Gasteiger partial charge in [-0.15, -0.1) is 0 Å². The summed E-state index contributed by atoms with van der Waals surface area (Å²) in [4.78, 5) is 7.02. The lowest BCUT2D eigenvalue weighted by Crippen LogP contribution is -2.43. The number of aromatic nitrogens is 1. The molecule has 5 heteroatoms. The van der Waals surface area contributed by atoms with Gasteiger partial charge in [-0.3, -0.25) is 0 Å². The smallest absolute Gasteiger partial charge is 0.131 e. The highest BCUT2D eigenvalue weighted by Crippen LogP contribution is 2.20. The summed E-state index contributed by atoms with van der Waals surface area (Å²) in [6, 6.07) is 14.6. The maximum atomic E-state index is 6.50. The van der Waals surface area contributed by atoms with E-state index < -0.39 is 5.54 Å². The van der Waals surface area contributed by atoms with Crippen molar-refractivity contribution in [3.63, 3.8) is 0 Å². The summed E-state index contributed by atoms with van der Waals surface area (Å²) in [5.41, 5.74) is 8.44. The molecule has 0 aliphatic carbocycles. The van der Waals surface area contributed by atoms with Crippen molar-refractivity contribution >= 4 is 11.6 Å². The Morgan fingerprint density at radius 2 is 1.90 bits per heavy atom. The molecule has 5 nitrogen and oxygen atoms in total. The van der Waals surface area contributed by atoms with Gasteiger partial charge in [0.25, 0.3) is 0 Å². The van der Waals surface area contributed by atoms with Gasteiger partial charge in [-0.2, -0.15) is 0 Å². The van der Waals surface area contributed by atoms with E-state index in [2.05, 4.69) is 62.3 Å². The van der Waals surface area contributed by atoms with Crippen molar-refractivity contribution in [3.8, 4) is 0 Å². The molecule has 30 heavy (non-hydrogen) atoms. The van der Waals surface area contributed by atoms with Crippen LogP contribution in [-0.4, -0.2) is 37.3 Å². The fraction of sp³-hybridized carbons (Fsp3) is 0.560. The third-order valence-corrected chi connectivity index (χ3v) is 5.01. The van der Waals surface area contributed by atoms with E-state index in [1.54, 1.807) is 0 Å². The Balaban J connectivity index is 2.01. The molecule has 1 aromatic carbocycles. The molecule has 3 N–H and O–H groups in total. The summed E-state index contributed by atoms with van der Waals surface area (Å²) in [5.74, 6) is 2.56. The molecule has 1 heterocycles. The van der Waals surface area contributed by atoms with Crippen LogP contribution in [0.5, 0.6) is 0 Å². The van der Waals surface area contributed by atoms with Crippen LogP contribution in [-0.2, 0) is 17.8 Å². The molecule has 1 atom stereocenters. The molecule has 0 saturated heterocycles. The zero-order valence-electron chi connectivity index (χ0n) is 19.4. The average molecular weight is 413 g/mol. The van der Waals surface area contributed by atoms with Crippen LogP contribution in [0.15, 0.2) is 42.5 Å². The lowest BCUT2D eigenvalue weighted by atomic mass is 9.95. The summed E-state index contributed by atoms with van der Waals surface area (Å²) >= 11 is 0. The number of hydrogen-bond donors (Lipinski definition) is 2. The minimum atomic E-state index is -0.408. The molecule has 0 fully saturated rings. The summed E-state index contributed by atoms with van der Waals surface area (Å²) < 4.78 is 6.05. The zero-order valence-corrected chi connectivity index (χ0v) is 19.4. The normalized spacial score (nSPS) is 13.3. The lowest BCUT2D eigenvalue weighted by molar-refractivity contribution is 0.0791. The maximum absolute atomic E-state index is 6.50. The Kier molecular flexibility index (Phi) is 9.60. The van der Waals surface area contributed by atoms with Crippen LogP contribution in [0.3, 0.4) is 0 Å². The van der Waals surface area contributed by atoms with Gasteiger partial charge in [0.15, 0.2) is 0 Å². The van der Waals surface area contributed by atoms with Crippen molar-refractivity contribution in [2.24, 2.45) is 11.7 Å². The van der Waals surface area contributed by atoms with E-state index in [1.807, 2.05) is 25.1 Å². The molecule has 0 saturated carbocycles. The number of benzene rings is 1. The quantitative estimate of drug-likeness (QED) is 0.492. The molecule has 2 aromatic rings.